The third kappa shape index (κ3) is 4.48. The number of fused-ring (bicyclic) bond motifs is 1. The highest BCUT2D eigenvalue weighted by Crippen LogP contribution is 2.31. The molecule has 1 aromatic heterocycles. The summed E-state index contributed by atoms with van der Waals surface area (Å²) in [7, 11) is 2.19. The fourth-order valence-electron chi connectivity index (χ4n) is 4.53. The molecular formula is C24H34N6. The Labute approximate surface area is 179 Å². The van der Waals surface area contributed by atoms with Gasteiger partial charge in [0.25, 0.3) is 0 Å². The van der Waals surface area contributed by atoms with Crippen LogP contribution in [0.15, 0.2) is 30.6 Å². The highest BCUT2D eigenvalue weighted by atomic mass is 15.3. The molecule has 2 N–H and O–H groups in total. The van der Waals surface area contributed by atoms with Crippen LogP contribution < -0.4 is 10.2 Å². The third-order valence-corrected chi connectivity index (χ3v) is 6.71. The lowest BCUT2D eigenvalue weighted by Gasteiger charge is -2.39. The van der Waals surface area contributed by atoms with Gasteiger partial charge in [0, 0.05) is 55.4 Å². The summed E-state index contributed by atoms with van der Waals surface area (Å²) >= 11 is 0. The van der Waals surface area contributed by atoms with Gasteiger partial charge in [-0.05, 0) is 50.9 Å². The van der Waals surface area contributed by atoms with E-state index >= 15 is 0 Å². The Morgan fingerprint density at radius 2 is 2.10 bits per heavy atom. The van der Waals surface area contributed by atoms with Gasteiger partial charge < -0.3 is 20.5 Å². The van der Waals surface area contributed by atoms with Gasteiger partial charge in [0.1, 0.15) is 0 Å². The quantitative estimate of drug-likeness (QED) is 0.682. The minimum atomic E-state index is 0.524. The van der Waals surface area contributed by atoms with E-state index in [2.05, 4.69) is 59.2 Å². The van der Waals surface area contributed by atoms with Crippen molar-refractivity contribution in [2.24, 2.45) is 5.92 Å². The van der Waals surface area contributed by atoms with E-state index in [1.54, 1.807) is 6.20 Å². The van der Waals surface area contributed by atoms with E-state index in [-0.39, 0.29) is 0 Å². The van der Waals surface area contributed by atoms with E-state index in [4.69, 9.17) is 10.4 Å². The second-order valence-electron chi connectivity index (χ2n) is 8.94. The average Bonchev–Trinajstić information content (AvgIpc) is 2.73. The standard InChI is InChI=1S/C24H34N6/c1-4-5-18-10-20(11-18)26-14-19(13-25)24-15-27-22-7-6-21(12-23(22)28-24)30-9-8-29(3)17(2)16-30/h6-7,12-15,17-18,20,25-26H,4-5,8-11,16H2,1-3H3/b19-14+,25-13?. The van der Waals surface area contributed by atoms with Gasteiger partial charge in [0.2, 0.25) is 0 Å². The summed E-state index contributed by atoms with van der Waals surface area (Å²) in [5.41, 5.74) is 4.50. The monoisotopic (exact) mass is 406 g/mol. The first-order chi connectivity index (χ1) is 14.6. The second-order valence-corrected chi connectivity index (χ2v) is 8.94. The largest absolute Gasteiger partial charge is 0.388 e. The predicted molar refractivity (Wildman–Crippen MR) is 125 cm³/mol. The average molecular weight is 407 g/mol. The van der Waals surface area contributed by atoms with Crippen LogP contribution in [-0.2, 0) is 0 Å². The van der Waals surface area contributed by atoms with Gasteiger partial charge in [-0.1, -0.05) is 19.8 Å². The second kappa shape index (κ2) is 9.13. The van der Waals surface area contributed by atoms with Crippen LogP contribution in [0.5, 0.6) is 0 Å². The zero-order valence-corrected chi connectivity index (χ0v) is 18.4. The van der Waals surface area contributed by atoms with Crippen molar-refractivity contribution >= 4 is 28.5 Å². The molecule has 160 valence electrons. The minimum absolute atomic E-state index is 0.524. The summed E-state index contributed by atoms with van der Waals surface area (Å²) in [6.07, 6.45) is 10.1. The van der Waals surface area contributed by atoms with Crippen molar-refractivity contribution < 1.29 is 0 Å². The van der Waals surface area contributed by atoms with Gasteiger partial charge in [0.05, 0.1) is 22.9 Å². The lowest BCUT2D eigenvalue weighted by molar-refractivity contribution is 0.225. The first-order valence-electron chi connectivity index (χ1n) is 11.3. The number of hydrogen-bond acceptors (Lipinski definition) is 6. The molecule has 0 bridgehead atoms. The molecule has 6 heteroatoms. The highest BCUT2D eigenvalue weighted by Gasteiger charge is 2.27. The maximum atomic E-state index is 7.86. The molecule has 2 heterocycles. The zero-order valence-electron chi connectivity index (χ0n) is 18.4. The zero-order chi connectivity index (χ0) is 21.1. The number of likely N-dealkylation sites (N-methyl/N-ethyl adjacent to an activating group) is 1. The molecule has 0 radical (unpaired) electrons. The van der Waals surface area contributed by atoms with Crippen LogP contribution in [0.3, 0.4) is 0 Å². The van der Waals surface area contributed by atoms with Crippen molar-refractivity contribution in [2.45, 2.75) is 51.6 Å². The number of piperazine rings is 1. The van der Waals surface area contributed by atoms with Gasteiger partial charge >= 0.3 is 0 Å². The molecule has 1 aromatic carbocycles. The Kier molecular flexibility index (Phi) is 6.32. The molecule has 2 fully saturated rings. The molecule has 1 atom stereocenters. The number of nitrogens with one attached hydrogen (secondary N) is 2. The smallest absolute Gasteiger partial charge is 0.0922 e. The number of nitrogens with zero attached hydrogens (tertiary/aromatic N) is 4. The third-order valence-electron chi connectivity index (χ3n) is 6.71. The molecule has 0 amide bonds. The molecule has 1 aliphatic heterocycles. The van der Waals surface area contributed by atoms with Crippen LogP contribution in [-0.4, -0.2) is 59.8 Å². The van der Waals surface area contributed by atoms with Gasteiger partial charge in [0.15, 0.2) is 0 Å². The lowest BCUT2D eigenvalue weighted by Crippen LogP contribution is -2.50. The molecular weight excluding hydrogens is 372 g/mol. The Morgan fingerprint density at radius 1 is 1.27 bits per heavy atom. The Hall–Kier alpha value is -2.47. The van der Waals surface area contributed by atoms with E-state index in [9.17, 15) is 0 Å². The summed E-state index contributed by atoms with van der Waals surface area (Å²) < 4.78 is 0. The van der Waals surface area contributed by atoms with Crippen LogP contribution >= 0.6 is 0 Å². The van der Waals surface area contributed by atoms with Crippen molar-refractivity contribution in [3.63, 3.8) is 0 Å². The molecule has 1 aliphatic carbocycles. The van der Waals surface area contributed by atoms with E-state index in [0.717, 1.165) is 47.9 Å². The van der Waals surface area contributed by atoms with Crippen LogP contribution in [0.1, 0.15) is 45.2 Å². The predicted octanol–water partition coefficient (Wildman–Crippen LogP) is 3.93. The van der Waals surface area contributed by atoms with Gasteiger partial charge in [-0.2, -0.15) is 0 Å². The molecule has 1 saturated carbocycles. The van der Waals surface area contributed by atoms with E-state index in [1.807, 2.05) is 6.20 Å². The molecule has 4 rings (SSSR count). The Bertz CT molecular complexity index is 917. The summed E-state index contributed by atoms with van der Waals surface area (Å²) in [6.45, 7) is 7.63. The maximum Gasteiger partial charge on any atom is 0.0922 e. The number of aromatic nitrogens is 2. The number of rotatable bonds is 7. The molecule has 1 unspecified atom stereocenters. The van der Waals surface area contributed by atoms with Crippen LogP contribution in [0.4, 0.5) is 5.69 Å². The summed E-state index contributed by atoms with van der Waals surface area (Å²) in [6, 6.07) is 7.40. The topological polar surface area (TPSA) is 68.1 Å². The number of benzene rings is 1. The number of hydrogen-bond donors (Lipinski definition) is 2. The molecule has 0 spiro atoms. The first kappa shape index (κ1) is 20.8. The first-order valence-corrected chi connectivity index (χ1v) is 11.3. The van der Waals surface area contributed by atoms with E-state index in [0.29, 0.717) is 12.1 Å². The van der Waals surface area contributed by atoms with E-state index < -0.39 is 0 Å². The fraction of sp³-hybridized carbons (Fsp3) is 0.542. The number of allylic oxidation sites excluding steroid dienone is 1. The maximum absolute atomic E-state index is 7.86. The summed E-state index contributed by atoms with van der Waals surface area (Å²) in [4.78, 5) is 14.3. The molecule has 1 saturated heterocycles. The molecule has 2 aromatic rings. The van der Waals surface area contributed by atoms with Crippen LogP contribution in [0.2, 0.25) is 0 Å². The van der Waals surface area contributed by atoms with Crippen molar-refractivity contribution in [3.05, 3.63) is 36.3 Å². The molecule has 2 aliphatic rings. The molecule has 6 nitrogen and oxygen atoms in total. The van der Waals surface area contributed by atoms with Gasteiger partial charge in [-0.15, -0.1) is 0 Å². The lowest BCUT2D eigenvalue weighted by atomic mass is 9.78. The molecule has 30 heavy (non-hydrogen) atoms. The SMILES string of the molecule is CCCC1CC(N/C=C(\C=N)c2cnc3ccc(N4CCN(C)C(C)C4)cc3n2)C1. The van der Waals surface area contributed by atoms with Crippen molar-refractivity contribution in [1.29, 1.82) is 5.41 Å². The van der Waals surface area contributed by atoms with Crippen molar-refractivity contribution in [3.8, 4) is 0 Å². The van der Waals surface area contributed by atoms with Crippen molar-refractivity contribution in [1.82, 2.24) is 20.2 Å². The van der Waals surface area contributed by atoms with Crippen molar-refractivity contribution in [2.75, 3.05) is 31.6 Å². The Balaban J connectivity index is 1.50. The Morgan fingerprint density at radius 3 is 2.83 bits per heavy atom. The normalized spacial score (nSPS) is 25.2. The number of anilines is 1. The van der Waals surface area contributed by atoms with Gasteiger partial charge in [-0.25, -0.2) is 4.98 Å². The highest BCUT2D eigenvalue weighted by molar-refractivity contribution is 6.07. The minimum Gasteiger partial charge on any atom is -0.388 e. The summed E-state index contributed by atoms with van der Waals surface area (Å²) in [5, 5.41) is 11.3. The van der Waals surface area contributed by atoms with E-state index in [1.165, 1.54) is 37.6 Å². The van der Waals surface area contributed by atoms with Crippen LogP contribution in [0.25, 0.3) is 16.6 Å². The van der Waals surface area contributed by atoms with Gasteiger partial charge in [-0.3, -0.25) is 4.98 Å². The fourth-order valence-corrected chi connectivity index (χ4v) is 4.53. The van der Waals surface area contributed by atoms with Crippen LogP contribution in [0, 0.1) is 11.3 Å². The summed E-state index contributed by atoms with van der Waals surface area (Å²) in [5.74, 6) is 0.862.